The van der Waals surface area contributed by atoms with Gasteiger partial charge in [0.1, 0.15) is 16.9 Å². The summed E-state index contributed by atoms with van der Waals surface area (Å²) in [6.45, 7) is 8.59. The van der Waals surface area contributed by atoms with Crippen molar-refractivity contribution in [1.82, 2.24) is 0 Å². The van der Waals surface area contributed by atoms with Crippen LogP contribution in [0, 0.1) is 11.8 Å². The molecule has 0 saturated carbocycles. The second-order valence-corrected chi connectivity index (χ2v) is 6.24. The van der Waals surface area contributed by atoms with E-state index in [0.717, 1.165) is 11.1 Å². The molecule has 0 N–H and O–H groups in total. The van der Waals surface area contributed by atoms with Crippen LogP contribution >= 0.6 is 0 Å². The van der Waals surface area contributed by atoms with E-state index in [2.05, 4.69) is 27.7 Å². The third kappa shape index (κ3) is 1.69. The molecule has 0 amide bonds. The van der Waals surface area contributed by atoms with Crippen molar-refractivity contribution in [2.24, 2.45) is 11.8 Å². The highest BCUT2D eigenvalue weighted by Crippen LogP contribution is 2.45. The molecule has 20 heavy (non-hydrogen) atoms. The number of benzene rings is 1. The summed E-state index contributed by atoms with van der Waals surface area (Å²) in [7, 11) is 0. The third-order valence-corrected chi connectivity index (χ3v) is 4.55. The Hall–Kier alpha value is -1.77. The second-order valence-electron chi connectivity index (χ2n) is 6.24. The van der Waals surface area contributed by atoms with Crippen molar-refractivity contribution in [3.05, 3.63) is 40.2 Å². The highest BCUT2D eigenvalue weighted by atomic mass is 16.5. The molecule has 1 aliphatic rings. The van der Waals surface area contributed by atoms with E-state index < -0.39 is 0 Å². The minimum absolute atomic E-state index is 0.262. The molecule has 0 fully saturated rings. The van der Waals surface area contributed by atoms with Crippen LogP contribution in [-0.4, -0.2) is 5.60 Å². The first-order valence-corrected chi connectivity index (χ1v) is 7.19. The van der Waals surface area contributed by atoms with E-state index in [1.807, 2.05) is 24.3 Å². The minimum Gasteiger partial charge on any atom is -0.485 e. The Kier molecular flexibility index (Phi) is 2.89. The first-order chi connectivity index (χ1) is 9.45. The van der Waals surface area contributed by atoms with Crippen molar-refractivity contribution in [3.63, 3.8) is 0 Å². The molecule has 0 radical (unpaired) electrons. The van der Waals surface area contributed by atoms with Crippen molar-refractivity contribution >= 4 is 11.0 Å². The summed E-state index contributed by atoms with van der Waals surface area (Å²) >= 11 is 0. The van der Waals surface area contributed by atoms with Gasteiger partial charge in [-0.15, -0.1) is 0 Å². The Labute approximate surface area is 118 Å². The fourth-order valence-electron chi connectivity index (χ4n) is 3.24. The third-order valence-electron chi connectivity index (χ3n) is 4.55. The molecule has 2 aromatic rings. The van der Waals surface area contributed by atoms with Crippen molar-refractivity contribution in [1.29, 1.82) is 0 Å². The lowest BCUT2D eigenvalue weighted by Gasteiger charge is -2.36. The van der Waals surface area contributed by atoms with Gasteiger partial charge in [-0.2, -0.15) is 0 Å². The summed E-state index contributed by atoms with van der Waals surface area (Å²) < 4.78 is 11.8. The number of hydrogen-bond donors (Lipinski definition) is 0. The maximum atomic E-state index is 12.2. The molecule has 0 saturated heterocycles. The van der Waals surface area contributed by atoms with E-state index in [0.29, 0.717) is 29.4 Å². The van der Waals surface area contributed by atoms with Crippen LogP contribution in [0.5, 0.6) is 5.75 Å². The molecule has 106 valence electrons. The summed E-state index contributed by atoms with van der Waals surface area (Å²) in [5.74, 6) is 1.38. The molecule has 1 aliphatic heterocycles. The van der Waals surface area contributed by atoms with Crippen LogP contribution in [0.1, 0.15) is 33.3 Å². The molecule has 3 nitrogen and oxygen atoms in total. The Balaban J connectivity index is 2.25. The molecule has 1 aromatic heterocycles. The summed E-state index contributed by atoms with van der Waals surface area (Å²) in [5.41, 5.74) is 0.703. The fraction of sp³-hybridized carbons (Fsp3) is 0.471. The number of para-hydroxylation sites is 1. The van der Waals surface area contributed by atoms with Crippen LogP contribution in [0.15, 0.2) is 33.5 Å². The number of ether oxygens (including phenoxy) is 1. The fourth-order valence-corrected chi connectivity index (χ4v) is 3.24. The quantitative estimate of drug-likeness (QED) is 0.781. The lowest BCUT2D eigenvalue weighted by Crippen LogP contribution is -2.45. The molecule has 3 heteroatoms. The van der Waals surface area contributed by atoms with Crippen LogP contribution in [0.2, 0.25) is 0 Å². The van der Waals surface area contributed by atoms with Gasteiger partial charge in [-0.1, -0.05) is 39.8 Å². The lowest BCUT2D eigenvalue weighted by atomic mass is 9.77. The van der Waals surface area contributed by atoms with Gasteiger partial charge in [-0.05, 0) is 24.0 Å². The maximum Gasteiger partial charge on any atom is 0.343 e. The molecule has 3 rings (SSSR count). The summed E-state index contributed by atoms with van der Waals surface area (Å²) in [6, 6.07) is 7.57. The number of fused-ring (bicyclic) bond motifs is 3. The largest absolute Gasteiger partial charge is 0.485 e. The molecule has 0 spiro atoms. The Bertz CT molecular complexity index is 702. The Morgan fingerprint density at radius 2 is 1.75 bits per heavy atom. The average molecular weight is 272 g/mol. The van der Waals surface area contributed by atoms with Crippen LogP contribution in [-0.2, 0) is 6.42 Å². The normalized spacial score (nSPS) is 16.7. The predicted molar refractivity (Wildman–Crippen MR) is 79.2 cm³/mol. The maximum absolute atomic E-state index is 12.2. The highest BCUT2D eigenvalue weighted by molar-refractivity contribution is 5.85. The predicted octanol–water partition coefficient (Wildman–Crippen LogP) is 3.78. The molecule has 1 aromatic carbocycles. The SMILES string of the molecule is CC(C)C1(C(C)C)Cc2c(c3ccccc3oc2=O)O1. The summed E-state index contributed by atoms with van der Waals surface area (Å²) in [5, 5.41) is 0.894. The van der Waals surface area contributed by atoms with Gasteiger partial charge in [0.2, 0.25) is 0 Å². The molecule has 2 heterocycles. The molecular formula is C17H20O3. The number of hydrogen-bond acceptors (Lipinski definition) is 3. The molecule has 0 bridgehead atoms. The first kappa shape index (κ1) is 13.2. The monoisotopic (exact) mass is 272 g/mol. The van der Waals surface area contributed by atoms with Gasteiger partial charge >= 0.3 is 5.63 Å². The average Bonchev–Trinajstić information content (AvgIpc) is 2.81. The highest BCUT2D eigenvalue weighted by Gasteiger charge is 2.47. The zero-order chi connectivity index (χ0) is 14.5. The lowest BCUT2D eigenvalue weighted by molar-refractivity contribution is 0.000437. The topological polar surface area (TPSA) is 39.4 Å². The summed E-state index contributed by atoms with van der Waals surface area (Å²) in [6.07, 6.45) is 0.630. The van der Waals surface area contributed by atoms with Crippen molar-refractivity contribution in [2.75, 3.05) is 0 Å². The van der Waals surface area contributed by atoms with Crippen LogP contribution in [0.3, 0.4) is 0 Å². The summed E-state index contributed by atoms with van der Waals surface area (Å²) in [4.78, 5) is 12.2. The van der Waals surface area contributed by atoms with Gasteiger partial charge in [0.15, 0.2) is 0 Å². The smallest absolute Gasteiger partial charge is 0.343 e. The van der Waals surface area contributed by atoms with E-state index >= 15 is 0 Å². The second kappa shape index (κ2) is 4.37. The zero-order valence-electron chi connectivity index (χ0n) is 12.4. The van der Waals surface area contributed by atoms with E-state index in [4.69, 9.17) is 9.15 Å². The van der Waals surface area contributed by atoms with Gasteiger partial charge in [-0.3, -0.25) is 0 Å². The van der Waals surface area contributed by atoms with Gasteiger partial charge in [0, 0.05) is 6.42 Å². The van der Waals surface area contributed by atoms with Crippen molar-refractivity contribution in [2.45, 2.75) is 39.7 Å². The van der Waals surface area contributed by atoms with Crippen molar-refractivity contribution in [3.8, 4) is 5.75 Å². The van der Waals surface area contributed by atoms with E-state index in [9.17, 15) is 4.79 Å². The van der Waals surface area contributed by atoms with Gasteiger partial charge < -0.3 is 9.15 Å². The van der Waals surface area contributed by atoms with Crippen LogP contribution in [0.25, 0.3) is 11.0 Å². The molecule has 0 atom stereocenters. The Morgan fingerprint density at radius 3 is 2.40 bits per heavy atom. The molecule has 0 unspecified atom stereocenters. The Morgan fingerprint density at radius 1 is 1.10 bits per heavy atom. The van der Waals surface area contributed by atoms with E-state index in [-0.39, 0.29) is 11.2 Å². The first-order valence-electron chi connectivity index (χ1n) is 7.19. The van der Waals surface area contributed by atoms with Gasteiger partial charge in [0.25, 0.3) is 0 Å². The molecular weight excluding hydrogens is 252 g/mol. The molecule has 0 aliphatic carbocycles. The minimum atomic E-state index is -0.318. The van der Waals surface area contributed by atoms with E-state index in [1.54, 1.807) is 0 Å². The van der Waals surface area contributed by atoms with Crippen LogP contribution < -0.4 is 10.4 Å². The van der Waals surface area contributed by atoms with E-state index in [1.165, 1.54) is 0 Å². The van der Waals surface area contributed by atoms with Crippen molar-refractivity contribution < 1.29 is 9.15 Å². The standard InChI is InChI=1S/C17H20O3/c1-10(2)17(11(3)4)9-13-15(20-17)12-7-5-6-8-14(12)19-16(13)18/h5-8,10-11H,9H2,1-4H3. The number of rotatable bonds is 2. The zero-order valence-corrected chi connectivity index (χ0v) is 12.4. The van der Waals surface area contributed by atoms with Gasteiger partial charge in [0.05, 0.1) is 10.9 Å². The van der Waals surface area contributed by atoms with Gasteiger partial charge in [-0.25, -0.2) is 4.79 Å². The van der Waals surface area contributed by atoms with Crippen LogP contribution in [0.4, 0.5) is 0 Å².